The van der Waals surface area contributed by atoms with Crippen LogP contribution in [0.1, 0.15) is 22.3 Å². The predicted molar refractivity (Wildman–Crippen MR) is 207 cm³/mol. The molecule has 0 fully saturated rings. The summed E-state index contributed by atoms with van der Waals surface area (Å²) < 4.78 is 0. The van der Waals surface area contributed by atoms with Gasteiger partial charge in [0.05, 0.1) is 5.41 Å². The Morgan fingerprint density at radius 3 is 1.45 bits per heavy atom. The molecule has 2 aliphatic rings. The van der Waals surface area contributed by atoms with Crippen LogP contribution < -0.4 is 0 Å². The Morgan fingerprint density at radius 2 is 0.745 bits per heavy atom. The molecule has 9 aromatic rings. The molecule has 0 radical (unpaired) electrons. The summed E-state index contributed by atoms with van der Waals surface area (Å²) in [5, 5.41) is 4.84. The number of fused-ring (bicyclic) bond motifs is 12. The van der Waals surface area contributed by atoms with E-state index in [1.54, 1.807) is 0 Å². The second-order valence-electron chi connectivity index (χ2n) is 13.6. The third-order valence-electron chi connectivity index (χ3n) is 10.9. The summed E-state index contributed by atoms with van der Waals surface area (Å²) in [7, 11) is 0. The summed E-state index contributed by atoms with van der Waals surface area (Å²) in [6.45, 7) is 0. The van der Waals surface area contributed by atoms with Gasteiger partial charge in [0.2, 0.25) is 0 Å². The van der Waals surface area contributed by atoms with Crippen LogP contribution in [0.15, 0.2) is 176 Å². The fourth-order valence-corrected chi connectivity index (χ4v) is 8.64. The zero-order valence-electron chi connectivity index (χ0n) is 27.6. The normalized spacial score (nSPS) is 15.1. The fourth-order valence-electron chi connectivity index (χ4n) is 8.64. The maximum atomic E-state index is 5.20. The molecule has 1 aromatic heterocycles. The summed E-state index contributed by atoms with van der Waals surface area (Å²) in [6.07, 6.45) is 0. The van der Waals surface area contributed by atoms with Crippen molar-refractivity contribution in [2.45, 2.75) is 5.41 Å². The topological polar surface area (TPSA) is 38.7 Å². The van der Waals surface area contributed by atoms with E-state index in [-0.39, 0.29) is 0 Å². The van der Waals surface area contributed by atoms with Crippen molar-refractivity contribution < 1.29 is 0 Å². The molecule has 0 N–H and O–H groups in total. The largest absolute Gasteiger partial charge is 0.208 e. The Labute approximate surface area is 295 Å². The average Bonchev–Trinajstić information content (AvgIpc) is 3.66. The summed E-state index contributed by atoms with van der Waals surface area (Å²) in [5.41, 5.74) is 12.7. The Hall–Kier alpha value is -6.71. The quantitative estimate of drug-likeness (QED) is 0.192. The lowest BCUT2D eigenvalue weighted by Gasteiger charge is -2.31. The lowest BCUT2D eigenvalue weighted by atomic mass is 9.70. The van der Waals surface area contributed by atoms with Gasteiger partial charge in [-0.25, -0.2) is 15.0 Å². The number of nitrogens with zero attached hydrogens (tertiary/aromatic N) is 3. The first kappa shape index (κ1) is 28.2. The van der Waals surface area contributed by atoms with Crippen LogP contribution in [0, 0.1) is 0 Å². The van der Waals surface area contributed by atoms with Crippen molar-refractivity contribution in [2.75, 3.05) is 0 Å². The van der Waals surface area contributed by atoms with Gasteiger partial charge in [0.1, 0.15) is 0 Å². The Kier molecular flexibility index (Phi) is 5.88. The number of benzene rings is 8. The zero-order chi connectivity index (χ0) is 33.5. The number of aromatic nitrogens is 3. The Balaban J connectivity index is 1.18. The van der Waals surface area contributed by atoms with Crippen molar-refractivity contribution in [3.05, 3.63) is 198 Å². The van der Waals surface area contributed by atoms with Gasteiger partial charge in [0, 0.05) is 16.7 Å². The smallest absolute Gasteiger partial charge is 0.164 e. The van der Waals surface area contributed by atoms with E-state index in [1.807, 2.05) is 18.2 Å². The lowest BCUT2D eigenvalue weighted by Crippen LogP contribution is -2.26. The van der Waals surface area contributed by atoms with E-state index in [2.05, 4.69) is 158 Å². The third-order valence-corrected chi connectivity index (χ3v) is 10.9. The molecule has 8 aromatic carbocycles. The molecule has 51 heavy (non-hydrogen) atoms. The summed E-state index contributed by atoms with van der Waals surface area (Å²) in [6, 6.07) is 63.3. The van der Waals surface area contributed by atoms with Crippen molar-refractivity contribution in [1.29, 1.82) is 0 Å². The second-order valence-corrected chi connectivity index (χ2v) is 13.6. The van der Waals surface area contributed by atoms with E-state index in [9.17, 15) is 0 Å². The molecule has 0 amide bonds. The highest BCUT2D eigenvalue weighted by molar-refractivity contribution is 6.00. The van der Waals surface area contributed by atoms with Crippen LogP contribution in [-0.2, 0) is 5.41 Å². The minimum atomic E-state index is -0.478. The molecule has 0 saturated heterocycles. The van der Waals surface area contributed by atoms with E-state index in [1.165, 1.54) is 60.7 Å². The van der Waals surface area contributed by atoms with Crippen LogP contribution in [-0.4, -0.2) is 15.0 Å². The first-order valence-corrected chi connectivity index (χ1v) is 17.4. The molecule has 1 unspecified atom stereocenters. The monoisotopic (exact) mass is 647 g/mol. The molecule has 236 valence electrons. The highest BCUT2D eigenvalue weighted by Crippen LogP contribution is 2.63. The molecule has 11 rings (SSSR count). The Morgan fingerprint density at radius 1 is 0.275 bits per heavy atom. The van der Waals surface area contributed by atoms with E-state index >= 15 is 0 Å². The van der Waals surface area contributed by atoms with E-state index in [0.29, 0.717) is 17.5 Å². The SMILES string of the molecule is c1ccc(-c2nc(-c3ccc4c(c3)C3(c5ccccc5-4)c4ccccc4-c4cc5ccccc5cc43)nc(-c3ccc4ccccc4c3)n2)cc1. The van der Waals surface area contributed by atoms with Gasteiger partial charge in [0.15, 0.2) is 17.5 Å². The number of hydrogen-bond acceptors (Lipinski definition) is 3. The van der Waals surface area contributed by atoms with Crippen molar-refractivity contribution in [1.82, 2.24) is 15.0 Å². The van der Waals surface area contributed by atoms with Gasteiger partial charge in [-0.1, -0.05) is 152 Å². The van der Waals surface area contributed by atoms with Crippen LogP contribution >= 0.6 is 0 Å². The van der Waals surface area contributed by atoms with Gasteiger partial charge in [0.25, 0.3) is 0 Å². The maximum Gasteiger partial charge on any atom is 0.164 e. The standard InChI is InChI=1S/C48H29N3/c1-2-13-31(14-3-1)45-49-46(35-23-22-30-12-4-5-15-32(30)26-35)51-47(50-45)36-24-25-39-37-18-8-10-20-41(37)48(43(39)29-36)42-21-11-9-19-38(42)40-27-33-16-6-7-17-34(33)28-44(40)48/h1-29H. The number of hydrogen-bond donors (Lipinski definition) is 0. The van der Waals surface area contributed by atoms with Gasteiger partial charge >= 0.3 is 0 Å². The molecule has 0 bridgehead atoms. The first-order chi connectivity index (χ1) is 25.3. The molecule has 3 nitrogen and oxygen atoms in total. The minimum Gasteiger partial charge on any atom is -0.208 e. The summed E-state index contributed by atoms with van der Waals surface area (Å²) in [5.74, 6) is 1.97. The van der Waals surface area contributed by atoms with Crippen molar-refractivity contribution in [3.8, 4) is 56.4 Å². The van der Waals surface area contributed by atoms with Gasteiger partial charge in [-0.05, 0) is 90.3 Å². The van der Waals surface area contributed by atoms with E-state index < -0.39 is 5.41 Å². The van der Waals surface area contributed by atoms with Gasteiger partial charge in [-0.3, -0.25) is 0 Å². The molecule has 0 aliphatic heterocycles. The van der Waals surface area contributed by atoms with Crippen LogP contribution in [0.4, 0.5) is 0 Å². The van der Waals surface area contributed by atoms with Crippen molar-refractivity contribution >= 4 is 21.5 Å². The molecule has 0 saturated carbocycles. The highest BCUT2D eigenvalue weighted by Gasteiger charge is 2.51. The minimum absolute atomic E-state index is 0.478. The van der Waals surface area contributed by atoms with E-state index in [4.69, 9.17) is 15.0 Å². The average molecular weight is 648 g/mol. The maximum absolute atomic E-state index is 5.20. The molecule has 1 atom stereocenters. The zero-order valence-corrected chi connectivity index (χ0v) is 27.6. The van der Waals surface area contributed by atoms with Crippen LogP contribution in [0.5, 0.6) is 0 Å². The first-order valence-electron chi connectivity index (χ1n) is 17.4. The molecule has 1 heterocycles. The molecule has 2 aliphatic carbocycles. The number of rotatable bonds is 3. The molecular formula is C48H29N3. The van der Waals surface area contributed by atoms with Crippen molar-refractivity contribution in [2.24, 2.45) is 0 Å². The molecular weight excluding hydrogens is 619 g/mol. The van der Waals surface area contributed by atoms with Crippen LogP contribution in [0.25, 0.3) is 78.0 Å². The lowest BCUT2D eigenvalue weighted by molar-refractivity contribution is 0.795. The highest BCUT2D eigenvalue weighted by atomic mass is 15.0. The second kappa shape index (κ2) is 10.6. The van der Waals surface area contributed by atoms with Gasteiger partial charge in [-0.2, -0.15) is 0 Å². The molecule has 3 heteroatoms. The van der Waals surface area contributed by atoms with Gasteiger partial charge < -0.3 is 0 Å². The summed E-state index contributed by atoms with van der Waals surface area (Å²) in [4.78, 5) is 15.4. The predicted octanol–water partition coefficient (Wildman–Crippen LogP) is 11.5. The molecule has 1 spiro atoms. The fraction of sp³-hybridized carbons (Fsp3) is 0.0208. The third kappa shape index (κ3) is 4.03. The van der Waals surface area contributed by atoms with Crippen molar-refractivity contribution in [3.63, 3.8) is 0 Å². The Bertz CT molecular complexity index is 2870. The van der Waals surface area contributed by atoms with Crippen LogP contribution in [0.3, 0.4) is 0 Å². The van der Waals surface area contributed by atoms with Crippen LogP contribution in [0.2, 0.25) is 0 Å². The van der Waals surface area contributed by atoms with E-state index in [0.717, 1.165) is 22.1 Å². The van der Waals surface area contributed by atoms with Gasteiger partial charge in [-0.15, -0.1) is 0 Å². The summed E-state index contributed by atoms with van der Waals surface area (Å²) >= 11 is 0.